The number of nitrogens with zero attached hydrogens (tertiary/aromatic N) is 2. The van der Waals surface area contributed by atoms with Crippen molar-refractivity contribution in [2.75, 3.05) is 17.6 Å². The van der Waals surface area contributed by atoms with Gasteiger partial charge in [-0.1, -0.05) is 13.3 Å². The van der Waals surface area contributed by atoms with E-state index in [9.17, 15) is 0 Å². The van der Waals surface area contributed by atoms with Gasteiger partial charge in [-0.25, -0.2) is 9.97 Å². The van der Waals surface area contributed by atoms with Crippen molar-refractivity contribution in [1.29, 1.82) is 0 Å². The topological polar surface area (TPSA) is 63.8 Å². The van der Waals surface area contributed by atoms with E-state index in [1.54, 1.807) is 12.4 Å². The van der Waals surface area contributed by atoms with Gasteiger partial charge in [-0.05, 0) is 18.3 Å². The van der Waals surface area contributed by atoms with Gasteiger partial charge in [0.2, 0.25) is 0 Å². The van der Waals surface area contributed by atoms with Crippen molar-refractivity contribution in [1.82, 2.24) is 9.97 Å². The summed E-state index contributed by atoms with van der Waals surface area (Å²) in [5.41, 5.74) is 5.44. The molecule has 1 saturated carbocycles. The van der Waals surface area contributed by atoms with Gasteiger partial charge in [-0.15, -0.1) is 0 Å². The third-order valence-corrected chi connectivity index (χ3v) is 2.81. The Balaban J connectivity index is 1.78. The molecule has 3 N–H and O–H groups in total. The van der Waals surface area contributed by atoms with Crippen LogP contribution in [0.15, 0.2) is 12.4 Å². The molecule has 0 aliphatic heterocycles. The predicted octanol–water partition coefficient (Wildman–Crippen LogP) is 1.52. The van der Waals surface area contributed by atoms with Crippen molar-refractivity contribution in [3.8, 4) is 0 Å². The van der Waals surface area contributed by atoms with Gasteiger partial charge in [0.05, 0.1) is 12.4 Å². The van der Waals surface area contributed by atoms with E-state index in [-0.39, 0.29) is 0 Å². The molecule has 0 spiro atoms. The molecule has 1 fully saturated rings. The Labute approximate surface area is 83.9 Å². The van der Waals surface area contributed by atoms with E-state index >= 15 is 0 Å². The van der Waals surface area contributed by atoms with Crippen LogP contribution in [0.5, 0.6) is 0 Å². The molecule has 1 aromatic rings. The minimum atomic E-state index is 0.466. The number of nitrogens with one attached hydrogen (secondary N) is 1. The Bertz CT molecular complexity index is 295. The molecule has 1 aliphatic carbocycles. The van der Waals surface area contributed by atoms with Crippen LogP contribution in [-0.4, -0.2) is 16.5 Å². The van der Waals surface area contributed by atoms with Crippen molar-refractivity contribution in [3.63, 3.8) is 0 Å². The Kier molecular flexibility index (Phi) is 2.52. The molecule has 4 heteroatoms. The maximum absolute atomic E-state index is 5.44. The molecule has 2 atom stereocenters. The molecule has 4 nitrogen and oxygen atoms in total. The van der Waals surface area contributed by atoms with Crippen LogP contribution in [0.4, 0.5) is 11.6 Å². The summed E-state index contributed by atoms with van der Waals surface area (Å²) in [7, 11) is 0. The van der Waals surface area contributed by atoms with Crippen LogP contribution < -0.4 is 11.1 Å². The molecule has 0 unspecified atom stereocenters. The van der Waals surface area contributed by atoms with Crippen molar-refractivity contribution >= 4 is 11.6 Å². The quantitative estimate of drug-likeness (QED) is 0.759. The van der Waals surface area contributed by atoms with Crippen LogP contribution in [-0.2, 0) is 0 Å². The summed E-state index contributed by atoms with van der Waals surface area (Å²) in [6.45, 7) is 3.25. The van der Waals surface area contributed by atoms with E-state index in [1.165, 1.54) is 12.8 Å². The van der Waals surface area contributed by atoms with Gasteiger partial charge in [0.15, 0.2) is 0 Å². The van der Waals surface area contributed by atoms with E-state index in [0.29, 0.717) is 5.82 Å². The summed E-state index contributed by atoms with van der Waals surface area (Å²) in [5, 5.41) is 3.27. The van der Waals surface area contributed by atoms with Gasteiger partial charge in [0, 0.05) is 6.54 Å². The first kappa shape index (κ1) is 9.24. The third-order valence-electron chi connectivity index (χ3n) is 2.81. The molecule has 0 saturated heterocycles. The normalized spacial score (nSPS) is 24.6. The minimum absolute atomic E-state index is 0.466. The summed E-state index contributed by atoms with van der Waals surface area (Å²) in [6.07, 6.45) is 5.90. The molecule has 0 amide bonds. The fourth-order valence-electron chi connectivity index (χ4n) is 1.73. The van der Waals surface area contributed by atoms with Crippen LogP contribution in [0.2, 0.25) is 0 Å². The maximum atomic E-state index is 5.44. The highest BCUT2D eigenvalue weighted by atomic mass is 15.0. The average molecular weight is 192 g/mol. The maximum Gasteiger partial charge on any atom is 0.144 e. The summed E-state index contributed by atoms with van der Waals surface area (Å²) >= 11 is 0. The highest BCUT2D eigenvalue weighted by Crippen LogP contribution is 2.40. The van der Waals surface area contributed by atoms with E-state index < -0.39 is 0 Å². The lowest BCUT2D eigenvalue weighted by atomic mass is 10.2. The third kappa shape index (κ3) is 2.13. The van der Waals surface area contributed by atoms with Crippen molar-refractivity contribution in [2.24, 2.45) is 11.8 Å². The first-order valence-corrected chi connectivity index (χ1v) is 5.11. The molecule has 1 aliphatic rings. The van der Waals surface area contributed by atoms with Crippen LogP contribution >= 0.6 is 0 Å². The van der Waals surface area contributed by atoms with E-state index in [0.717, 1.165) is 24.2 Å². The van der Waals surface area contributed by atoms with Gasteiger partial charge < -0.3 is 11.1 Å². The lowest BCUT2D eigenvalue weighted by molar-refractivity contribution is 0.700. The highest BCUT2D eigenvalue weighted by molar-refractivity contribution is 5.36. The molecule has 1 heterocycles. The summed E-state index contributed by atoms with van der Waals surface area (Å²) in [4.78, 5) is 8.10. The monoisotopic (exact) mass is 192 g/mol. The minimum Gasteiger partial charge on any atom is -0.382 e. The van der Waals surface area contributed by atoms with Crippen LogP contribution in [0.1, 0.15) is 19.8 Å². The van der Waals surface area contributed by atoms with Crippen molar-refractivity contribution in [2.45, 2.75) is 19.8 Å². The fourth-order valence-corrected chi connectivity index (χ4v) is 1.73. The number of nitrogens with two attached hydrogens (primary N) is 1. The molecular formula is C10H16N4. The Morgan fingerprint density at radius 2 is 2.29 bits per heavy atom. The Morgan fingerprint density at radius 3 is 2.86 bits per heavy atom. The number of hydrogen-bond donors (Lipinski definition) is 2. The van der Waals surface area contributed by atoms with E-state index in [1.807, 2.05) is 0 Å². The largest absolute Gasteiger partial charge is 0.382 e. The fraction of sp³-hybridized carbons (Fsp3) is 0.600. The van der Waals surface area contributed by atoms with Gasteiger partial charge in [-0.2, -0.15) is 0 Å². The standard InChI is InChI=1S/C10H16N4/c1-2-7-3-8(7)4-13-10-6-12-9(11)5-14-10/h5-8H,2-4H2,1H3,(H2,11,12)(H,13,14)/t7-,8+/m1/s1. The number of rotatable bonds is 4. The first-order chi connectivity index (χ1) is 6.79. The Hall–Kier alpha value is -1.32. The van der Waals surface area contributed by atoms with E-state index in [2.05, 4.69) is 22.2 Å². The first-order valence-electron chi connectivity index (χ1n) is 5.11. The number of nitrogen functional groups attached to an aromatic ring is 1. The van der Waals surface area contributed by atoms with Crippen LogP contribution in [0, 0.1) is 11.8 Å². The zero-order chi connectivity index (χ0) is 9.97. The molecule has 0 aromatic carbocycles. The van der Waals surface area contributed by atoms with Crippen molar-refractivity contribution in [3.05, 3.63) is 12.4 Å². The van der Waals surface area contributed by atoms with Crippen LogP contribution in [0.25, 0.3) is 0 Å². The lowest BCUT2D eigenvalue weighted by Gasteiger charge is -2.03. The average Bonchev–Trinajstić information content (AvgIpc) is 2.96. The zero-order valence-electron chi connectivity index (χ0n) is 8.40. The highest BCUT2D eigenvalue weighted by Gasteiger charge is 2.34. The second kappa shape index (κ2) is 3.82. The summed E-state index contributed by atoms with van der Waals surface area (Å²) < 4.78 is 0. The van der Waals surface area contributed by atoms with Gasteiger partial charge in [0.1, 0.15) is 11.6 Å². The smallest absolute Gasteiger partial charge is 0.144 e. The zero-order valence-corrected chi connectivity index (χ0v) is 8.40. The van der Waals surface area contributed by atoms with Gasteiger partial charge in [-0.3, -0.25) is 0 Å². The second-order valence-corrected chi connectivity index (χ2v) is 3.87. The molecule has 76 valence electrons. The molecule has 14 heavy (non-hydrogen) atoms. The van der Waals surface area contributed by atoms with E-state index in [4.69, 9.17) is 5.73 Å². The van der Waals surface area contributed by atoms with Crippen LogP contribution in [0.3, 0.4) is 0 Å². The number of anilines is 2. The summed E-state index contributed by atoms with van der Waals surface area (Å²) in [5.74, 6) is 3.04. The molecule has 1 aromatic heterocycles. The second-order valence-electron chi connectivity index (χ2n) is 3.87. The molecule has 0 bridgehead atoms. The molecular weight excluding hydrogens is 176 g/mol. The van der Waals surface area contributed by atoms with Gasteiger partial charge >= 0.3 is 0 Å². The lowest BCUT2D eigenvalue weighted by Crippen LogP contribution is -2.07. The summed E-state index contributed by atoms with van der Waals surface area (Å²) in [6, 6.07) is 0. The van der Waals surface area contributed by atoms with Gasteiger partial charge in [0.25, 0.3) is 0 Å². The number of hydrogen-bond acceptors (Lipinski definition) is 4. The SMILES string of the molecule is CC[C@@H]1C[C@H]1CNc1cnc(N)cn1. The Morgan fingerprint density at radius 1 is 1.43 bits per heavy atom. The number of aromatic nitrogens is 2. The molecule has 2 rings (SSSR count). The molecule has 0 radical (unpaired) electrons. The predicted molar refractivity (Wildman–Crippen MR) is 56.8 cm³/mol. The van der Waals surface area contributed by atoms with Crippen molar-refractivity contribution < 1.29 is 0 Å².